The van der Waals surface area contributed by atoms with Gasteiger partial charge in [0.05, 0.1) is 6.04 Å². The van der Waals surface area contributed by atoms with Crippen LogP contribution in [0.2, 0.25) is 0 Å². The van der Waals surface area contributed by atoms with Crippen molar-refractivity contribution in [3.05, 3.63) is 48.5 Å². The third-order valence-corrected chi connectivity index (χ3v) is 3.29. The summed E-state index contributed by atoms with van der Waals surface area (Å²) in [6.45, 7) is 3.31. The lowest BCUT2D eigenvalue weighted by atomic mass is 10.2. The first-order valence-electron chi connectivity index (χ1n) is 7.70. The van der Waals surface area contributed by atoms with E-state index in [0.717, 1.165) is 0 Å². The second-order valence-electron chi connectivity index (χ2n) is 5.34. The fourth-order valence-electron chi connectivity index (χ4n) is 2.00. The Morgan fingerprint density at radius 1 is 1.04 bits per heavy atom. The number of nitrogens with one attached hydrogen (secondary N) is 2. The van der Waals surface area contributed by atoms with Gasteiger partial charge in [0.25, 0.3) is 0 Å². The van der Waals surface area contributed by atoms with Crippen molar-refractivity contribution in [1.29, 1.82) is 0 Å². The van der Waals surface area contributed by atoms with Crippen LogP contribution < -0.4 is 21.1 Å². The first kappa shape index (κ1) is 17.5. The minimum absolute atomic E-state index is 0.127. The molecule has 24 heavy (non-hydrogen) atoms. The van der Waals surface area contributed by atoms with Gasteiger partial charge >= 0.3 is 0 Å². The van der Waals surface area contributed by atoms with E-state index in [2.05, 4.69) is 10.6 Å². The Balaban J connectivity index is 2.03. The number of amides is 2. The molecule has 0 saturated heterocycles. The molecule has 6 nitrogen and oxygen atoms in total. The van der Waals surface area contributed by atoms with E-state index >= 15 is 0 Å². The van der Waals surface area contributed by atoms with Crippen molar-refractivity contribution in [2.24, 2.45) is 5.73 Å². The lowest BCUT2D eigenvalue weighted by molar-refractivity contribution is -0.117. The fraction of sp³-hybridized carbons (Fsp3) is 0.222. The van der Waals surface area contributed by atoms with Crippen molar-refractivity contribution >= 4 is 23.2 Å². The summed E-state index contributed by atoms with van der Waals surface area (Å²) in [4.78, 5) is 22.8. The number of anilines is 2. The molecular weight excluding hydrogens is 306 g/mol. The van der Waals surface area contributed by atoms with E-state index < -0.39 is 6.04 Å². The molecule has 0 aromatic heterocycles. The topological polar surface area (TPSA) is 93.5 Å². The Morgan fingerprint density at radius 2 is 1.75 bits per heavy atom. The van der Waals surface area contributed by atoms with E-state index in [1.807, 2.05) is 6.92 Å². The molecule has 1 atom stereocenters. The van der Waals surface area contributed by atoms with Gasteiger partial charge in [0, 0.05) is 24.4 Å². The smallest absolute Gasteiger partial charge is 0.241 e. The highest BCUT2D eigenvalue weighted by molar-refractivity contribution is 5.94. The molecule has 0 aliphatic heterocycles. The van der Waals surface area contributed by atoms with Crippen LogP contribution in [0, 0.1) is 0 Å². The number of hydrogen-bond acceptors (Lipinski definition) is 4. The quantitative estimate of drug-likeness (QED) is 0.760. The highest BCUT2D eigenvalue weighted by atomic mass is 16.5. The van der Waals surface area contributed by atoms with Crippen molar-refractivity contribution in [2.45, 2.75) is 26.3 Å². The molecule has 0 spiro atoms. The minimum atomic E-state index is -0.532. The molecule has 6 heteroatoms. The fourth-order valence-corrected chi connectivity index (χ4v) is 2.00. The predicted octanol–water partition coefficient (Wildman–Crippen LogP) is 3.11. The number of nitrogens with two attached hydrogens (primary N) is 1. The average Bonchev–Trinajstić information content (AvgIpc) is 2.55. The Hall–Kier alpha value is -2.86. The van der Waals surface area contributed by atoms with Crippen molar-refractivity contribution in [1.82, 2.24) is 0 Å². The third kappa shape index (κ3) is 5.10. The molecule has 2 amide bonds. The van der Waals surface area contributed by atoms with Crippen LogP contribution in [0.4, 0.5) is 11.4 Å². The van der Waals surface area contributed by atoms with Crippen LogP contribution in [-0.2, 0) is 9.59 Å². The first-order valence-corrected chi connectivity index (χ1v) is 7.70. The summed E-state index contributed by atoms with van der Waals surface area (Å²) in [5.74, 6) is 0.856. The number of carbonyl (C=O) groups excluding carboxylic acids is 2. The molecule has 0 aliphatic carbocycles. The number of carbonyl (C=O) groups is 2. The van der Waals surface area contributed by atoms with Gasteiger partial charge in [0.1, 0.15) is 11.5 Å². The van der Waals surface area contributed by atoms with Gasteiger partial charge < -0.3 is 21.1 Å². The van der Waals surface area contributed by atoms with E-state index in [9.17, 15) is 9.59 Å². The van der Waals surface area contributed by atoms with Crippen LogP contribution in [0.1, 0.15) is 20.3 Å². The van der Waals surface area contributed by atoms with Crippen LogP contribution in [0.5, 0.6) is 11.5 Å². The summed E-state index contributed by atoms with van der Waals surface area (Å²) in [7, 11) is 0. The van der Waals surface area contributed by atoms with Gasteiger partial charge in [-0.25, -0.2) is 0 Å². The van der Waals surface area contributed by atoms with Gasteiger partial charge in [-0.1, -0.05) is 13.0 Å². The molecule has 0 fully saturated rings. The summed E-state index contributed by atoms with van der Waals surface area (Å²) in [5, 5.41) is 5.45. The molecule has 0 aliphatic rings. The first-order chi connectivity index (χ1) is 11.5. The van der Waals surface area contributed by atoms with Crippen LogP contribution in [0.15, 0.2) is 48.5 Å². The summed E-state index contributed by atoms with van der Waals surface area (Å²) < 4.78 is 5.75. The molecule has 126 valence electrons. The number of ether oxygens (including phenoxy) is 1. The van der Waals surface area contributed by atoms with Crippen molar-refractivity contribution in [3.63, 3.8) is 0 Å². The highest BCUT2D eigenvalue weighted by Crippen LogP contribution is 2.25. The van der Waals surface area contributed by atoms with Gasteiger partial charge in [-0.05, 0) is 42.8 Å². The molecule has 0 heterocycles. The predicted molar refractivity (Wildman–Crippen MR) is 94.2 cm³/mol. The van der Waals surface area contributed by atoms with E-state index in [4.69, 9.17) is 10.5 Å². The van der Waals surface area contributed by atoms with Gasteiger partial charge in [0.2, 0.25) is 11.8 Å². The molecule has 4 N–H and O–H groups in total. The van der Waals surface area contributed by atoms with E-state index in [1.54, 1.807) is 48.5 Å². The lowest BCUT2D eigenvalue weighted by Gasteiger charge is -2.12. The van der Waals surface area contributed by atoms with Crippen LogP contribution in [0.25, 0.3) is 0 Å². The number of benzene rings is 2. The molecule has 2 aromatic carbocycles. The average molecular weight is 327 g/mol. The normalized spacial score (nSPS) is 11.5. The van der Waals surface area contributed by atoms with Gasteiger partial charge in [-0.3, -0.25) is 9.59 Å². The third-order valence-electron chi connectivity index (χ3n) is 3.29. The van der Waals surface area contributed by atoms with Gasteiger partial charge in [-0.15, -0.1) is 0 Å². The maximum atomic E-state index is 11.8. The van der Waals surface area contributed by atoms with Crippen LogP contribution in [0.3, 0.4) is 0 Å². The Labute approximate surface area is 141 Å². The summed E-state index contributed by atoms with van der Waals surface area (Å²) in [5.41, 5.74) is 7.02. The molecule has 0 bridgehead atoms. The number of rotatable bonds is 6. The van der Waals surface area contributed by atoms with Crippen molar-refractivity contribution in [2.75, 3.05) is 10.6 Å². The van der Waals surface area contributed by atoms with Crippen molar-refractivity contribution < 1.29 is 14.3 Å². The summed E-state index contributed by atoms with van der Waals surface area (Å²) in [6, 6.07) is 13.6. The lowest BCUT2D eigenvalue weighted by Crippen LogP contribution is -2.34. The largest absolute Gasteiger partial charge is 0.457 e. The van der Waals surface area contributed by atoms with Gasteiger partial charge in [-0.2, -0.15) is 0 Å². The second kappa shape index (κ2) is 8.12. The minimum Gasteiger partial charge on any atom is -0.457 e. The maximum Gasteiger partial charge on any atom is 0.241 e. The maximum absolute atomic E-state index is 11.8. The van der Waals surface area contributed by atoms with Crippen molar-refractivity contribution in [3.8, 4) is 11.5 Å². The SMILES string of the molecule is CCC(N)C(=O)Nc1cccc(Oc2ccc(NC(C)=O)cc2)c1. The monoisotopic (exact) mass is 327 g/mol. The standard InChI is InChI=1S/C18H21N3O3/c1-3-17(19)18(23)21-14-5-4-6-16(11-14)24-15-9-7-13(8-10-15)20-12(2)22/h4-11,17H,3,19H2,1-2H3,(H,20,22)(H,21,23). The summed E-state index contributed by atoms with van der Waals surface area (Å²) in [6.07, 6.45) is 0.572. The molecule has 0 radical (unpaired) electrons. The number of hydrogen-bond donors (Lipinski definition) is 3. The van der Waals surface area contributed by atoms with Gasteiger partial charge in [0.15, 0.2) is 0 Å². The molecule has 1 unspecified atom stereocenters. The van der Waals surface area contributed by atoms with E-state index in [0.29, 0.717) is 29.3 Å². The second-order valence-corrected chi connectivity index (χ2v) is 5.34. The Morgan fingerprint density at radius 3 is 2.38 bits per heavy atom. The Bertz CT molecular complexity index is 714. The van der Waals surface area contributed by atoms with Crippen LogP contribution >= 0.6 is 0 Å². The van der Waals surface area contributed by atoms with E-state index in [-0.39, 0.29) is 11.8 Å². The highest BCUT2D eigenvalue weighted by Gasteiger charge is 2.11. The van der Waals surface area contributed by atoms with E-state index in [1.165, 1.54) is 6.92 Å². The molecule has 0 saturated carbocycles. The molecular formula is C18H21N3O3. The Kier molecular flexibility index (Phi) is 5.92. The zero-order valence-corrected chi connectivity index (χ0v) is 13.7. The molecule has 2 aromatic rings. The summed E-state index contributed by atoms with van der Waals surface area (Å²) >= 11 is 0. The van der Waals surface area contributed by atoms with Crippen LogP contribution in [-0.4, -0.2) is 17.9 Å². The molecule has 2 rings (SSSR count). The zero-order valence-electron chi connectivity index (χ0n) is 13.7. The zero-order chi connectivity index (χ0) is 17.5.